The van der Waals surface area contributed by atoms with Gasteiger partial charge in [0.15, 0.2) is 0 Å². The average molecular weight is 487 g/mol. The van der Waals surface area contributed by atoms with Crippen molar-refractivity contribution in [1.29, 1.82) is 0 Å². The van der Waals surface area contributed by atoms with Gasteiger partial charge in [-0.05, 0) is 0 Å². The van der Waals surface area contributed by atoms with Crippen LogP contribution in [0.5, 0.6) is 0 Å². The van der Waals surface area contributed by atoms with Crippen molar-refractivity contribution in [1.82, 2.24) is 0 Å². The second kappa shape index (κ2) is 10.8. The van der Waals surface area contributed by atoms with Crippen LogP contribution in [-0.4, -0.2) is 31.6 Å². The first-order chi connectivity index (χ1) is 12.5. The van der Waals surface area contributed by atoms with E-state index in [1.807, 2.05) is 11.3 Å². The molecule has 150 valence electrons. The van der Waals surface area contributed by atoms with E-state index in [1.165, 1.54) is 56.7 Å². The summed E-state index contributed by atoms with van der Waals surface area (Å²) in [6.07, 6.45) is 8.12. The van der Waals surface area contributed by atoms with Crippen molar-refractivity contribution in [3.8, 4) is 0 Å². The third kappa shape index (κ3) is 6.22. The molecule has 0 spiro atoms. The van der Waals surface area contributed by atoms with Crippen LogP contribution < -0.4 is 2.89 Å². The molecule has 0 atom stereocenters. The Morgan fingerprint density at radius 2 is 1.42 bits per heavy atom. The third-order valence-electron chi connectivity index (χ3n) is 5.66. The van der Waals surface area contributed by atoms with Crippen LogP contribution in [0.3, 0.4) is 0 Å². The molecule has 0 bridgehead atoms. The molecule has 26 heavy (non-hydrogen) atoms. The van der Waals surface area contributed by atoms with E-state index in [0.717, 1.165) is 13.2 Å². The number of rotatable bonds is 11. The number of thiophene rings is 1. The minimum absolute atomic E-state index is 0.130. The molecule has 1 saturated heterocycles. The molecule has 0 radical (unpaired) electrons. The van der Waals surface area contributed by atoms with Crippen LogP contribution >= 0.6 is 11.3 Å². The molecule has 0 aromatic carbocycles. The number of unbranched alkanes of at least 4 members (excludes halogenated alkanes) is 3. The van der Waals surface area contributed by atoms with E-state index in [4.69, 9.17) is 9.47 Å². The van der Waals surface area contributed by atoms with Crippen molar-refractivity contribution >= 4 is 32.6 Å². The van der Waals surface area contributed by atoms with Gasteiger partial charge in [0.1, 0.15) is 0 Å². The summed E-state index contributed by atoms with van der Waals surface area (Å²) in [7, 11) is 0. The van der Waals surface area contributed by atoms with E-state index in [9.17, 15) is 0 Å². The summed E-state index contributed by atoms with van der Waals surface area (Å²) in [5, 5.41) is 0. The van der Waals surface area contributed by atoms with Gasteiger partial charge >= 0.3 is 170 Å². The molecule has 0 aliphatic carbocycles. The minimum atomic E-state index is -2.30. The molecule has 1 aliphatic heterocycles. The second-order valence-electron chi connectivity index (χ2n) is 8.91. The van der Waals surface area contributed by atoms with Gasteiger partial charge in [0.05, 0.1) is 0 Å². The maximum absolute atomic E-state index is 6.06. The quantitative estimate of drug-likeness (QED) is 0.317. The van der Waals surface area contributed by atoms with Crippen LogP contribution in [0.2, 0.25) is 13.3 Å². The van der Waals surface area contributed by atoms with Gasteiger partial charge in [0, 0.05) is 0 Å². The van der Waals surface area contributed by atoms with Crippen LogP contribution in [0.25, 0.3) is 0 Å². The molecular weight excluding hydrogens is 447 g/mol. The molecule has 0 amide bonds. The number of hydrogen-bond donors (Lipinski definition) is 0. The SMILES string of the molecule is CCC[CH2][Sn]([CH2]CCC)([CH2]CCC)[c]1ccc(C2OCC(C)(C)CO2)s1. The van der Waals surface area contributed by atoms with Gasteiger partial charge in [-0.2, -0.15) is 0 Å². The van der Waals surface area contributed by atoms with Crippen LogP contribution in [0.4, 0.5) is 0 Å². The Labute approximate surface area is 169 Å². The second-order valence-corrected chi connectivity index (χ2v) is 24.2. The van der Waals surface area contributed by atoms with Crippen LogP contribution in [0.15, 0.2) is 12.1 Å². The van der Waals surface area contributed by atoms with E-state index in [1.54, 1.807) is 2.89 Å². The van der Waals surface area contributed by atoms with Crippen LogP contribution in [-0.2, 0) is 9.47 Å². The molecule has 2 heterocycles. The average Bonchev–Trinajstić information content (AvgIpc) is 3.12. The number of ether oxygens (including phenoxy) is 2. The molecule has 0 saturated carbocycles. The first-order valence-corrected chi connectivity index (χ1v) is 19.1. The van der Waals surface area contributed by atoms with E-state index in [2.05, 4.69) is 46.8 Å². The molecule has 0 unspecified atom stereocenters. The van der Waals surface area contributed by atoms with Crippen LogP contribution in [0.1, 0.15) is 84.3 Å². The predicted molar refractivity (Wildman–Crippen MR) is 117 cm³/mol. The summed E-state index contributed by atoms with van der Waals surface area (Å²) in [5.41, 5.74) is 0.142. The zero-order valence-corrected chi connectivity index (χ0v) is 21.4. The molecular formula is C22H40O2SSn. The Balaban J connectivity index is 2.19. The monoisotopic (exact) mass is 488 g/mol. The zero-order chi connectivity index (χ0) is 19.0. The summed E-state index contributed by atoms with van der Waals surface area (Å²) < 4.78 is 18.5. The molecule has 1 fully saturated rings. The van der Waals surface area contributed by atoms with E-state index < -0.39 is 18.4 Å². The molecule has 2 rings (SSSR count). The molecule has 1 aromatic rings. The molecule has 1 aliphatic rings. The molecule has 4 heteroatoms. The van der Waals surface area contributed by atoms with Crippen molar-refractivity contribution < 1.29 is 9.47 Å². The van der Waals surface area contributed by atoms with Crippen molar-refractivity contribution in [3.05, 3.63) is 17.0 Å². The Morgan fingerprint density at radius 1 is 0.923 bits per heavy atom. The Bertz CT molecular complexity index is 494. The van der Waals surface area contributed by atoms with Gasteiger partial charge in [-0.1, -0.05) is 0 Å². The first kappa shape index (κ1) is 22.7. The van der Waals surface area contributed by atoms with Gasteiger partial charge in [-0.15, -0.1) is 0 Å². The predicted octanol–water partition coefficient (Wildman–Crippen LogP) is 6.88. The van der Waals surface area contributed by atoms with Gasteiger partial charge in [0.2, 0.25) is 0 Å². The molecule has 1 aromatic heterocycles. The van der Waals surface area contributed by atoms with Crippen molar-refractivity contribution in [2.75, 3.05) is 13.2 Å². The first-order valence-electron chi connectivity index (χ1n) is 10.8. The van der Waals surface area contributed by atoms with Crippen LogP contribution in [0, 0.1) is 5.41 Å². The van der Waals surface area contributed by atoms with E-state index in [-0.39, 0.29) is 11.7 Å². The normalized spacial score (nSPS) is 18.3. The van der Waals surface area contributed by atoms with Crippen molar-refractivity contribution in [3.63, 3.8) is 0 Å². The summed E-state index contributed by atoms with van der Waals surface area (Å²) in [5.74, 6) is 0. The fraction of sp³-hybridized carbons (Fsp3) is 0.818. The van der Waals surface area contributed by atoms with Gasteiger partial charge < -0.3 is 0 Å². The summed E-state index contributed by atoms with van der Waals surface area (Å²) in [6, 6.07) is 4.79. The third-order valence-corrected chi connectivity index (χ3v) is 25.0. The Morgan fingerprint density at radius 3 is 1.88 bits per heavy atom. The van der Waals surface area contributed by atoms with E-state index >= 15 is 0 Å². The van der Waals surface area contributed by atoms with Crippen molar-refractivity contribution in [2.45, 2.75) is 92.7 Å². The summed E-state index contributed by atoms with van der Waals surface area (Å²) in [4.78, 5) is 1.31. The topological polar surface area (TPSA) is 18.5 Å². The Kier molecular flexibility index (Phi) is 9.45. The summed E-state index contributed by atoms with van der Waals surface area (Å²) in [6.45, 7) is 13.1. The fourth-order valence-corrected chi connectivity index (χ4v) is 24.1. The maximum atomic E-state index is 6.06. The molecule has 2 nitrogen and oxygen atoms in total. The van der Waals surface area contributed by atoms with Gasteiger partial charge in [0.25, 0.3) is 0 Å². The summed E-state index contributed by atoms with van der Waals surface area (Å²) >= 11 is -0.257. The zero-order valence-electron chi connectivity index (χ0n) is 17.7. The standard InChI is InChI=1S/C10H13O2S.3C4H9.Sn/c1-10(2)6-11-9(12-7-10)8-4-3-5-13-8;3*1-3-4-2;/h3-4,9H,6-7H2,1-2H3;3*1,3-4H2,2H3;. The van der Waals surface area contributed by atoms with E-state index in [0.29, 0.717) is 0 Å². The van der Waals surface area contributed by atoms with Crippen molar-refractivity contribution in [2.24, 2.45) is 5.41 Å². The van der Waals surface area contributed by atoms with Gasteiger partial charge in [-0.3, -0.25) is 0 Å². The van der Waals surface area contributed by atoms with Gasteiger partial charge in [-0.25, -0.2) is 0 Å². The number of hydrogen-bond acceptors (Lipinski definition) is 3. The Hall–Kier alpha value is 0.419. The molecule has 0 N–H and O–H groups in total. The fourth-order valence-electron chi connectivity index (χ4n) is 3.91.